The number of amides is 3. The van der Waals surface area contributed by atoms with E-state index in [0.717, 1.165) is 24.2 Å². The van der Waals surface area contributed by atoms with Crippen molar-refractivity contribution in [3.63, 3.8) is 0 Å². The Kier molecular flexibility index (Phi) is 10.3. The zero-order valence-corrected chi connectivity index (χ0v) is 21.9. The van der Waals surface area contributed by atoms with E-state index in [9.17, 15) is 14.4 Å². The molecule has 1 fully saturated rings. The van der Waals surface area contributed by atoms with E-state index in [4.69, 9.17) is 10.5 Å². The maximum absolute atomic E-state index is 13.5. The molecule has 0 radical (unpaired) electrons. The number of primary amides is 1. The Labute approximate surface area is 220 Å². The number of hydrogen-bond donors (Lipinski definition) is 2. The van der Waals surface area contributed by atoms with Gasteiger partial charge in [0.1, 0.15) is 17.5 Å². The van der Waals surface area contributed by atoms with Crippen LogP contribution in [0.15, 0.2) is 67.3 Å². The average molecular weight is 506 g/mol. The molecule has 1 aliphatic rings. The Hall–Kier alpha value is -3.61. The van der Waals surface area contributed by atoms with Crippen LogP contribution < -0.4 is 15.8 Å². The van der Waals surface area contributed by atoms with Gasteiger partial charge in [0.15, 0.2) is 0 Å². The highest BCUT2D eigenvalue weighted by molar-refractivity contribution is 5.91. The van der Waals surface area contributed by atoms with Crippen molar-refractivity contribution in [1.82, 2.24) is 10.2 Å². The van der Waals surface area contributed by atoms with Crippen LogP contribution in [0, 0.1) is 17.8 Å². The summed E-state index contributed by atoms with van der Waals surface area (Å²) >= 11 is 0. The van der Waals surface area contributed by atoms with Gasteiger partial charge in [0.2, 0.25) is 17.7 Å². The molecular formula is C30H39N3O4. The first-order valence-electron chi connectivity index (χ1n) is 13.1. The molecule has 0 aliphatic carbocycles. The predicted molar refractivity (Wildman–Crippen MR) is 145 cm³/mol. The number of allylic oxidation sites excluding steroid dienone is 1. The summed E-state index contributed by atoms with van der Waals surface area (Å²) in [6, 6.07) is 16.6. The highest BCUT2D eigenvalue weighted by Crippen LogP contribution is 2.26. The lowest BCUT2D eigenvalue weighted by Gasteiger charge is -2.29. The van der Waals surface area contributed by atoms with Crippen LogP contribution in [0.25, 0.3) is 0 Å². The van der Waals surface area contributed by atoms with Crippen LogP contribution in [0.1, 0.15) is 51.5 Å². The van der Waals surface area contributed by atoms with E-state index in [2.05, 4.69) is 11.9 Å². The fourth-order valence-electron chi connectivity index (χ4n) is 4.85. The van der Waals surface area contributed by atoms with Gasteiger partial charge in [-0.3, -0.25) is 14.4 Å². The van der Waals surface area contributed by atoms with Gasteiger partial charge in [-0.1, -0.05) is 50.3 Å². The molecule has 1 saturated heterocycles. The lowest BCUT2D eigenvalue weighted by molar-refractivity contribution is -0.139. The van der Waals surface area contributed by atoms with Gasteiger partial charge in [0.05, 0.1) is 11.8 Å². The van der Waals surface area contributed by atoms with Crippen LogP contribution in [0.5, 0.6) is 11.5 Å². The molecule has 0 saturated carbocycles. The number of nitrogens with two attached hydrogens (primary N) is 1. The molecule has 1 heterocycles. The Morgan fingerprint density at radius 3 is 2.51 bits per heavy atom. The fraction of sp³-hybridized carbons (Fsp3) is 0.433. The minimum atomic E-state index is -0.649. The molecule has 7 heteroatoms. The Bertz CT molecular complexity index is 1070. The van der Waals surface area contributed by atoms with Crippen molar-refractivity contribution in [2.45, 2.75) is 58.5 Å². The van der Waals surface area contributed by atoms with Gasteiger partial charge in [0.25, 0.3) is 0 Å². The SMILES string of the molecule is C=CC[C@H](C(N)=O)[C@H](CC(C)C)C(=O)N[C@H]1CCCCN(Cc2cccc(Oc3ccccc3)c2)C1=O. The third-order valence-electron chi connectivity index (χ3n) is 6.68. The van der Waals surface area contributed by atoms with Crippen LogP contribution in [0.2, 0.25) is 0 Å². The van der Waals surface area contributed by atoms with Crippen LogP contribution >= 0.6 is 0 Å². The van der Waals surface area contributed by atoms with E-state index in [0.29, 0.717) is 38.1 Å². The summed E-state index contributed by atoms with van der Waals surface area (Å²) < 4.78 is 5.95. The van der Waals surface area contributed by atoms with E-state index in [1.165, 1.54) is 0 Å². The first-order chi connectivity index (χ1) is 17.8. The molecule has 1 aliphatic heterocycles. The summed E-state index contributed by atoms with van der Waals surface area (Å²) in [5.74, 6) is -0.542. The van der Waals surface area contributed by atoms with Gasteiger partial charge < -0.3 is 20.7 Å². The van der Waals surface area contributed by atoms with Gasteiger partial charge in [-0.15, -0.1) is 6.58 Å². The van der Waals surface area contributed by atoms with Crippen molar-refractivity contribution >= 4 is 17.7 Å². The van der Waals surface area contributed by atoms with Gasteiger partial charge in [0, 0.05) is 13.1 Å². The molecule has 0 unspecified atom stereocenters. The minimum absolute atomic E-state index is 0.108. The number of carbonyl (C=O) groups is 3. The van der Waals surface area contributed by atoms with Crippen molar-refractivity contribution in [3.8, 4) is 11.5 Å². The highest BCUT2D eigenvalue weighted by Gasteiger charge is 2.35. The smallest absolute Gasteiger partial charge is 0.245 e. The molecule has 3 atom stereocenters. The van der Waals surface area contributed by atoms with Crippen molar-refractivity contribution in [1.29, 1.82) is 0 Å². The molecule has 7 nitrogen and oxygen atoms in total. The minimum Gasteiger partial charge on any atom is -0.457 e. The van der Waals surface area contributed by atoms with E-state index in [1.54, 1.807) is 11.0 Å². The Balaban J connectivity index is 1.71. The number of hydrogen-bond acceptors (Lipinski definition) is 4. The molecule has 0 spiro atoms. The maximum atomic E-state index is 13.5. The van der Waals surface area contributed by atoms with Gasteiger partial charge in [-0.2, -0.15) is 0 Å². The third kappa shape index (κ3) is 8.20. The Morgan fingerprint density at radius 1 is 1.11 bits per heavy atom. The summed E-state index contributed by atoms with van der Waals surface area (Å²) in [6.07, 6.45) is 4.69. The van der Waals surface area contributed by atoms with Crippen molar-refractivity contribution in [2.24, 2.45) is 23.5 Å². The number of benzene rings is 2. The summed E-state index contributed by atoms with van der Waals surface area (Å²) in [7, 11) is 0. The molecule has 3 rings (SSSR count). The van der Waals surface area contributed by atoms with Crippen LogP contribution in [0.3, 0.4) is 0 Å². The monoisotopic (exact) mass is 505 g/mol. The molecular weight excluding hydrogens is 466 g/mol. The highest BCUT2D eigenvalue weighted by atomic mass is 16.5. The van der Waals surface area contributed by atoms with E-state index in [-0.39, 0.29) is 17.7 Å². The normalized spacial score (nSPS) is 17.5. The van der Waals surface area contributed by atoms with Crippen LogP contribution in [0.4, 0.5) is 0 Å². The van der Waals surface area contributed by atoms with E-state index >= 15 is 0 Å². The molecule has 198 valence electrons. The molecule has 2 aromatic rings. The first-order valence-corrected chi connectivity index (χ1v) is 13.1. The Morgan fingerprint density at radius 2 is 1.84 bits per heavy atom. The second-order valence-electron chi connectivity index (χ2n) is 10.1. The summed E-state index contributed by atoms with van der Waals surface area (Å²) in [5.41, 5.74) is 6.59. The lowest BCUT2D eigenvalue weighted by atomic mass is 9.82. The standard InChI is InChI=1S/C30H39N3O4/c1-4-11-25(28(31)34)26(18-21(2)3)29(35)32-27-16-8-9-17-33(30(27)36)20-22-12-10-15-24(19-22)37-23-13-6-5-7-14-23/h4-7,10,12-15,19,21,25-27H,1,8-9,11,16-18,20H2,2-3H3,(H2,31,34)(H,32,35)/t25-,26-,27-/m0/s1. The number of para-hydroxylation sites is 1. The van der Waals surface area contributed by atoms with Crippen molar-refractivity contribution in [2.75, 3.05) is 6.54 Å². The summed E-state index contributed by atoms with van der Waals surface area (Å²) in [6.45, 7) is 8.75. The maximum Gasteiger partial charge on any atom is 0.245 e. The number of nitrogens with one attached hydrogen (secondary N) is 1. The second-order valence-corrected chi connectivity index (χ2v) is 10.1. The molecule has 0 aromatic heterocycles. The number of carbonyl (C=O) groups excluding carboxylic acids is 3. The number of nitrogens with zero attached hydrogens (tertiary/aromatic N) is 1. The molecule has 3 N–H and O–H groups in total. The lowest BCUT2D eigenvalue weighted by Crippen LogP contribution is -2.50. The quantitative estimate of drug-likeness (QED) is 0.404. The van der Waals surface area contributed by atoms with Gasteiger partial charge in [-0.05, 0) is 67.9 Å². The fourth-order valence-corrected chi connectivity index (χ4v) is 4.85. The molecule has 0 bridgehead atoms. The summed E-state index contributed by atoms with van der Waals surface area (Å²) in [4.78, 5) is 40.8. The molecule has 3 amide bonds. The third-order valence-corrected chi connectivity index (χ3v) is 6.68. The topological polar surface area (TPSA) is 102 Å². The van der Waals surface area contributed by atoms with Gasteiger partial charge in [-0.25, -0.2) is 0 Å². The van der Waals surface area contributed by atoms with Crippen LogP contribution in [-0.4, -0.2) is 35.2 Å². The number of rotatable bonds is 12. The molecule has 2 aromatic carbocycles. The van der Waals surface area contributed by atoms with Crippen molar-refractivity contribution < 1.29 is 19.1 Å². The zero-order chi connectivity index (χ0) is 26.8. The van der Waals surface area contributed by atoms with Crippen LogP contribution in [-0.2, 0) is 20.9 Å². The van der Waals surface area contributed by atoms with E-state index < -0.39 is 23.8 Å². The zero-order valence-electron chi connectivity index (χ0n) is 21.9. The van der Waals surface area contributed by atoms with E-state index in [1.807, 2.05) is 68.4 Å². The van der Waals surface area contributed by atoms with Crippen molar-refractivity contribution in [3.05, 3.63) is 72.8 Å². The molecule has 37 heavy (non-hydrogen) atoms. The first kappa shape index (κ1) is 28.0. The summed E-state index contributed by atoms with van der Waals surface area (Å²) in [5, 5.41) is 2.97. The largest absolute Gasteiger partial charge is 0.457 e. The average Bonchev–Trinajstić information content (AvgIpc) is 3.03. The van der Waals surface area contributed by atoms with Gasteiger partial charge >= 0.3 is 0 Å². The number of likely N-dealkylation sites (tertiary alicyclic amines) is 1. The predicted octanol–water partition coefficient (Wildman–Crippen LogP) is 4.82. The second kappa shape index (κ2) is 13.6. The number of ether oxygens (including phenoxy) is 1.